The minimum Gasteiger partial charge on any atom is -0.292 e. The van der Waals surface area contributed by atoms with Crippen LogP contribution >= 0.6 is 11.9 Å². The molecule has 0 radical (unpaired) electrons. The van der Waals surface area contributed by atoms with Crippen molar-refractivity contribution >= 4 is 29.2 Å². The summed E-state index contributed by atoms with van der Waals surface area (Å²) in [4.78, 5) is 27.4. The molecule has 0 aromatic heterocycles. The molecule has 0 saturated carbocycles. The Labute approximate surface area is 161 Å². The number of hydrogen-bond acceptors (Lipinski definition) is 4. The number of rotatable bonds is 2. The van der Waals surface area contributed by atoms with Gasteiger partial charge in [-0.3, -0.25) is 9.59 Å². The Kier molecular flexibility index (Phi) is 3.62. The number of fused-ring (bicyclic) bond motifs is 1. The molecule has 2 aliphatic rings. The molecule has 3 nitrogen and oxygen atoms in total. The van der Waals surface area contributed by atoms with E-state index in [4.69, 9.17) is 0 Å². The second-order valence-electron chi connectivity index (χ2n) is 6.71. The standard InChI is InChI=1S/C23H15NO2S/c25-20-17-13-7-8-14-18(17)21(26)23(20)19(15-9-3-1-4-10-15)24-27-22(23)16-11-5-2-6-12-16/h1-14,22H. The van der Waals surface area contributed by atoms with Gasteiger partial charge >= 0.3 is 0 Å². The smallest absolute Gasteiger partial charge is 0.185 e. The molecule has 3 aromatic rings. The highest BCUT2D eigenvalue weighted by Gasteiger charge is 2.64. The van der Waals surface area contributed by atoms with Crippen molar-refractivity contribution < 1.29 is 9.59 Å². The Balaban J connectivity index is 1.77. The monoisotopic (exact) mass is 369 g/mol. The molecular weight excluding hydrogens is 354 g/mol. The van der Waals surface area contributed by atoms with Crippen molar-refractivity contribution in [3.8, 4) is 0 Å². The average Bonchev–Trinajstić information content (AvgIpc) is 3.24. The van der Waals surface area contributed by atoms with Gasteiger partial charge in [-0.05, 0) is 23.1 Å². The highest BCUT2D eigenvalue weighted by atomic mass is 32.2. The first-order valence-electron chi connectivity index (χ1n) is 8.78. The summed E-state index contributed by atoms with van der Waals surface area (Å²) in [5.41, 5.74) is 2.00. The lowest BCUT2D eigenvalue weighted by Crippen LogP contribution is -2.43. The van der Waals surface area contributed by atoms with Crippen LogP contribution in [0.4, 0.5) is 0 Å². The van der Waals surface area contributed by atoms with Crippen LogP contribution in [0.1, 0.15) is 37.1 Å². The quantitative estimate of drug-likeness (QED) is 0.475. The highest BCUT2D eigenvalue weighted by Crippen LogP contribution is 2.58. The fourth-order valence-electron chi connectivity index (χ4n) is 4.06. The van der Waals surface area contributed by atoms with Crippen LogP contribution in [-0.2, 0) is 0 Å². The molecule has 1 heterocycles. The highest BCUT2D eigenvalue weighted by molar-refractivity contribution is 7.99. The van der Waals surface area contributed by atoms with Gasteiger partial charge in [0, 0.05) is 11.1 Å². The topological polar surface area (TPSA) is 46.5 Å². The number of Topliss-reactive ketones (excluding diaryl/α,β-unsaturated/α-hetero) is 2. The van der Waals surface area contributed by atoms with E-state index < -0.39 is 5.41 Å². The predicted octanol–water partition coefficient (Wildman–Crippen LogP) is 4.94. The van der Waals surface area contributed by atoms with Gasteiger partial charge < -0.3 is 0 Å². The van der Waals surface area contributed by atoms with E-state index in [9.17, 15) is 9.59 Å². The van der Waals surface area contributed by atoms with Gasteiger partial charge in [-0.2, -0.15) is 0 Å². The van der Waals surface area contributed by atoms with Crippen molar-refractivity contribution in [1.82, 2.24) is 0 Å². The lowest BCUT2D eigenvalue weighted by Gasteiger charge is -2.29. The maximum Gasteiger partial charge on any atom is 0.185 e. The van der Waals surface area contributed by atoms with Crippen molar-refractivity contribution in [1.29, 1.82) is 0 Å². The second kappa shape index (κ2) is 6.03. The minimum absolute atomic E-state index is 0.149. The number of ketones is 2. The average molecular weight is 369 g/mol. The molecule has 0 bridgehead atoms. The third kappa shape index (κ3) is 2.14. The molecule has 27 heavy (non-hydrogen) atoms. The Morgan fingerprint density at radius 3 is 1.81 bits per heavy atom. The fourth-order valence-corrected chi connectivity index (χ4v) is 5.28. The van der Waals surface area contributed by atoms with Crippen LogP contribution in [0.2, 0.25) is 0 Å². The van der Waals surface area contributed by atoms with Gasteiger partial charge in [0.1, 0.15) is 0 Å². The Hall–Kier alpha value is -2.98. The van der Waals surface area contributed by atoms with E-state index >= 15 is 0 Å². The molecule has 4 heteroatoms. The van der Waals surface area contributed by atoms with Crippen molar-refractivity contribution in [2.45, 2.75) is 5.25 Å². The van der Waals surface area contributed by atoms with E-state index in [1.807, 2.05) is 72.8 Å². The SMILES string of the molecule is O=C1c2ccccc2C(=O)C12C(c1ccccc1)=NSC2c1ccccc1. The Morgan fingerprint density at radius 2 is 1.22 bits per heavy atom. The number of nitrogens with zero attached hydrogens (tertiary/aromatic N) is 1. The number of hydrogen-bond donors (Lipinski definition) is 0. The summed E-state index contributed by atoms with van der Waals surface area (Å²) in [5.74, 6) is -0.297. The molecule has 130 valence electrons. The van der Waals surface area contributed by atoms with Crippen molar-refractivity contribution in [2.75, 3.05) is 0 Å². The van der Waals surface area contributed by atoms with E-state index in [1.54, 1.807) is 12.1 Å². The molecule has 1 unspecified atom stereocenters. The third-order valence-corrected chi connectivity index (χ3v) is 6.42. The summed E-state index contributed by atoms with van der Waals surface area (Å²) in [6.07, 6.45) is 0. The van der Waals surface area contributed by atoms with Gasteiger partial charge in [0.25, 0.3) is 0 Å². The summed E-state index contributed by atoms with van der Waals surface area (Å²) in [6, 6.07) is 26.4. The lowest BCUT2D eigenvalue weighted by atomic mass is 9.70. The van der Waals surface area contributed by atoms with Gasteiger partial charge in [-0.1, -0.05) is 84.9 Å². The molecular formula is C23H15NO2S. The number of carbonyl (C=O) groups excluding carboxylic acids is 2. The van der Waals surface area contributed by atoms with Crippen LogP contribution < -0.4 is 0 Å². The first kappa shape index (κ1) is 16.2. The molecule has 0 saturated heterocycles. The van der Waals surface area contributed by atoms with Gasteiger partial charge in [0.15, 0.2) is 17.0 Å². The van der Waals surface area contributed by atoms with Crippen LogP contribution in [0.5, 0.6) is 0 Å². The van der Waals surface area contributed by atoms with Crippen LogP contribution in [0.3, 0.4) is 0 Å². The summed E-state index contributed by atoms with van der Waals surface area (Å²) in [7, 11) is 0. The van der Waals surface area contributed by atoms with E-state index in [0.29, 0.717) is 16.8 Å². The summed E-state index contributed by atoms with van der Waals surface area (Å²) in [5, 5.41) is -0.374. The zero-order chi connectivity index (χ0) is 18.4. The fraction of sp³-hybridized carbons (Fsp3) is 0.0870. The summed E-state index contributed by atoms with van der Waals surface area (Å²) >= 11 is 1.32. The molecule has 0 N–H and O–H groups in total. The molecule has 1 aliphatic heterocycles. The van der Waals surface area contributed by atoms with Crippen molar-refractivity contribution in [2.24, 2.45) is 9.81 Å². The summed E-state index contributed by atoms with van der Waals surface area (Å²) in [6.45, 7) is 0. The molecule has 1 atom stereocenters. The molecule has 0 fully saturated rings. The third-order valence-electron chi connectivity index (χ3n) is 5.30. The van der Waals surface area contributed by atoms with E-state index in [0.717, 1.165) is 11.1 Å². The Bertz CT molecular complexity index is 1050. The summed E-state index contributed by atoms with van der Waals surface area (Å²) < 4.78 is 4.67. The van der Waals surface area contributed by atoms with E-state index in [2.05, 4.69) is 4.40 Å². The van der Waals surface area contributed by atoms with Crippen molar-refractivity contribution in [3.05, 3.63) is 107 Å². The zero-order valence-corrected chi connectivity index (χ0v) is 15.1. The molecule has 5 rings (SSSR count). The molecule has 1 aliphatic carbocycles. The van der Waals surface area contributed by atoms with Gasteiger partial charge in [0.05, 0.1) is 11.0 Å². The largest absolute Gasteiger partial charge is 0.292 e. The minimum atomic E-state index is -1.31. The molecule has 0 amide bonds. The lowest BCUT2D eigenvalue weighted by molar-refractivity contribution is 0.0782. The van der Waals surface area contributed by atoms with E-state index in [-0.39, 0.29) is 16.8 Å². The van der Waals surface area contributed by atoms with Gasteiger partial charge in [-0.25, -0.2) is 4.40 Å². The van der Waals surface area contributed by atoms with Crippen LogP contribution in [0, 0.1) is 5.41 Å². The van der Waals surface area contributed by atoms with Gasteiger partial charge in [-0.15, -0.1) is 0 Å². The first-order valence-corrected chi connectivity index (χ1v) is 9.61. The Morgan fingerprint density at radius 1 is 0.704 bits per heavy atom. The maximum absolute atomic E-state index is 13.7. The first-order chi connectivity index (χ1) is 13.2. The number of benzene rings is 3. The van der Waals surface area contributed by atoms with Crippen LogP contribution in [0.25, 0.3) is 0 Å². The van der Waals surface area contributed by atoms with Crippen molar-refractivity contribution in [3.63, 3.8) is 0 Å². The normalized spacial score (nSPS) is 20.0. The number of carbonyl (C=O) groups is 2. The van der Waals surface area contributed by atoms with Gasteiger partial charge in [0.2, 0.25) is 0 Å². The predicted molar refractivity (Wildman–Crippen MR) is 107 cm³/mol. The van der Waals surface area contributed by atoms with Crippen LogP contribution in [0.15, 0.2) is 89.3 Å². The van der Waals surface area contributed by atoms with Crippen LogP contribution in [-0.4, -0.2) is 17.3 Å². The molecule has 1 spiro atoms. The molecule has 3 aromatic carbocycles. The zero-order valence-electron chi connectivity index (χ0n) is 14.3. The second-order valence-corrected chi connectivity index (χ2v) is 7.58. The maximum atomic E-state index is 13.7. The van der Waals surface area contributed by atoms with E-state index in [1.165, 1.54) is 11.9 Å².